The van der Waals surface area contributed by atoms with Crippen molar-refractivity contribution in [3.8, 4) is 0 Å². The molecular weight excluding hydrogens is 370 g/mol. The summed E-state index contributed by atoms with van der Waals surface area (Å²) in [5.74, 6) is 0. The van der Waals surface area contributed by atoms with Crippen LogP contribution < -0.4 is 4.90 Å². The van der Waals surface area contributed by atoms with E-state index >= 15 is 0 Å². The fourth-order valence-corrected chi connectivity index (χ4v) is 5.03. The molecule has 0 radical (unpaired) electrons. The number of hydrogen-bond donors (Lipinski definition) is 0. The van der Waals surface area contributed by atoms with Crippen molar-refractivity contribution in [1.82, 2.24) is 19.6 Å². The van der Waals surface area contributed by atoms with Gasteiger partial charge < -0.3 is 4.90 Å². The molecule has 6 heteroatoms. The van der Waals surface area contributed by atoms with E-state index < -0.39 is 0 Å². The summed E-state index contributed by atoms with van der Waals surface area (Å²) in [5.41, 5.74) is 5.02. The highest BCUT2D eigenvalue weighted by Gasteiger charge is 2.29. The summed E-state index contributed by atoms with van der Waals surface area (Å²) in [6.45, 7) is 12.0. The van der Waals surface area contributed by atoms with Crippen LogP contribution in [0.4, 0.5) is 5.69 Å². The number of piperidine rings is 1. The van der Waals surface area contributed by atoms with Gasteiger partial charge in [0.25, 0.3) is 0 Å². The van der Waals surface area contributed by atoms with Gasteiger partial charge in [0.15, 0.2) is 0 Å². The smallest absolute Gasteiger partial charge is 0.131 e. The van der Waals surface area contributed by atoms with Crippen molar-refractivity contribution in [2.75, 3.05) is 44.2 Å². The Morgan fingerprint density at radius 2 is 1.82 bits per heavy atom. The van der Waals surface area contributed by atoms with E-state index in [-0.39, 0.29) is 0 Å². The molecule has 1 atom stereocenters. The predicted octanol–water partition coefficient (Wildman–Crippen LogP) is 3.48. The van der Waals surface area contributed by atoms with Gasteiger partial charge >= 0.3 is 0 Å². The molecule has 152 valence electrons. The number of benzene rings is 1. The lowest BCUT2D eigenvalue weighted by Gasteiger charge is -2.44. The summed E-state index contributed by atoms with van der Waals surface area (Å²) in [5, 5.41) is 5.26. The molecule has 0 aliphatic carbocycles. The van der Waals surface area contributed by atoms with Gasteiger partial charge in [0, 0.05) is 63.6 Å². The molecule has 2 aromatic rings. The van der Waals surface area contributed by atoms with Crippen LogP contribution in [0.3, 0.4) is 0 Å². The number of aromatic nitrogens is 2. The molecule has 5 nitrogen and oxygen atoms in total. The number of nitrogens with zero attached hydrogens (tertiary/aromatic N) is 5. The van der Waals surface area contributed by atoms with Gasteiger partial charge in [-0.2, -0.15) is 5.10 Å². The summed E-state index contributed by atoms with van der Waals surface area (Å²) < 4.78 is 1.79. The molecular formula is C22H32ClN5. The molecule has 3 heterocycles. The minimum Gasteiger partial charge on any atom is -0.369 e. The Hall–Kier alpha value is -1.56. The van der Waals surface area contributed by atoms with E-state index in [0.29, 0.717) is 6.04 Å². The third-order valence-corrected chi connectivity index (χ3v) is 6.89. The average Bonchev–Trinajstić information content (AvgIpc) is 2.95. The maximum Gasteiger partial charge on any atom is 0.131 e. The molecule has 4 rings (SSSR count). The second-order valence-corrected chi connectivity index (χ2v) is 8.68. The van der Waals surface area contributed by atoms with Gasteiger partial charge in [0.2, 0.25) is 0 Å². The van der Waals surface area contributed by atoms with Crippen molar-refractivity contribution in [3.05, 3.63) is 46.2 Å². The van der Waals surface area contributed by atoms with Crippen LogP contribution in [0.1, 0.15) is 29.7 Å². The molecule has 2 aliphatic heterocycles. The van der Waals surface area contributed by atoms with Gasteiger partial charge in [-0.3, -0.25) is 14.5 Å². The van der Waals surface area contributed by atoms with Crippen molar-refractivity contribution in [1.29, 1.82) is 0 Å². The minimum atomic E-state index is 0.656. The van der Waals surface area contributed by atoms with Crippen LogP contribution in [0.5, 0.6) is 0 Å². The first-order chi connectivity index (χ1) is 13.5. The first-order valence-electron chi connectivity index (χ1n) is 10.5. The monoisotopic (exact) mass is 401 g/mol. The van der Waals surface area contributed by atoms with Gasteiger partial charge in [-0.15, -0.1) is 0 Å². The summed E-state index contributed by atoms with van der Waals surface area (Å²) in [4.78, 5) is 7.82. The molecule has 0 amide bonds. The molecule has 0 bridgehead atoms. The molecule has 0 N–H and O–H groups in total. The molecule has 2 aliphatic rings. The van der Waals surface area contributed by atoms with Crippen LogP contribution in [0, 0.1) is 13.8 Å². The molecule has 1 aromatic carbocycles. The van der Waals surface area contributed by atoms with E-state index in [1.807, 2.05) is 7.05 Å². The van der Waals surface area contributed by atoms with Gasteiger partial charge in [-0.05, 0) is 44.9 Å². The van der Waals surface area contributed by atoms with E-state index in [1.54, 1.807) is 4.68 Å². The summed E-state index contributed by atoms with van der Waals surface area (Å²) in [6, 6.07) is 9.41. The van der Waals surface area contributed by atoms with E-state index in [0.717, 1.165) is 56.7 Å². The van der Waals surface area contributed by atoms with Crippen LogP contribution in [-0.4, -0.2) is 64.9 Å². The summed E-state index contributed by atoms with van der Waals surface area (Å²) in [6.07, 6.45) is 2.57. The number of likely N-dealkylation sites (tertiary alicyclic amines) is 1. The first kappa shape index (κ1) is 19.7. The third-order valence-electron chi connectivity index (χ3n) is 6.42. The number of piperazine rings is 1. The number of halogens is 1. The second kappa shape index (κ2) is 8.44. The van der Waals surface area contributed by atoms with Crippen molar-refractivity contribution >= 4 is 17.3 Å². The first-order valence-corrected chi connectivity index (χ1v) is 10.9. The molecule has 0 saturated carbocycles. The van der Waals surface area contributed by atoms with Crippen LogP contribution in [0.15, 0.2) is 24.3 Å². The highest BCUT2D eigenvalue weighted by atomic mass is 35.5. The van der Waals surface area contributed by atoms with E-state index in [9.17, 15) is 0 Å². The summed E-state index contributed by atoms with van der Waals surface area (Å²) >= 11 is 6.46. The fraction of sp³-hybridized carbons (Fsp3) is 0.591. The van der Waals surface area contributed by atoms with Gasteiger partial charge in [-0.25, -0.2) is 0 Å². The van der Waals surface area contributed by atoms with Crippen LogP contribution >= 0.6 is 11.6 Å². The van der Waals surface area contributed by atoms with Crippen LogP contribution in [0.25, 0.3) is 0 Å². The zero-order chi connectivity index (χ0) is 19.7. The molecule has 1 aromatic heterocycles. The Kier molecular flexibility index (Phi) is 5.95. The largest absolute Gasteiger partial charge is 0.369 e. The van der Waals surface area contributed by atoms with E-state index in [1.165, 1.54) is 29.7 Å². The second-order valence-electron chi connectivity index (χ2n) is 8.32. The standard InChI is InChI=1S/C22H32ClN5/c1-17-7-4-5-9-21(17)28-13-11-27(12-14-28)19-8-6-10-26(15-19)16-20-18(2)24-25(3)22(20)23/h4-5,7,9,19H,6,8,10-16H2,1-3H3/t19-/m1/s1. The lowest BCUT2D eigenvalue weighted by atomic mass is 10.0. The Bertz CT molecular complexity index is 809. The van der Waals surface area contributed by atoms with Crippen LogP contribution in [-0.2, 0) is 13.6 Å². The number of rotatable bonds is 4. The third kappa shape index (κ3) is 4.07. The Balaban J connectivity index is 1.35. The SMILES string of the molecule is Cc1ccccc1N1CCN([C@@H]2CCCN(Cc3c(C)nn(C)c3Cl)C2)CC1. The zero-order valence-corrected chi connectivity index (χ0v) is 18.1. The Labute approximate surface area is 173 Å². The number of anilines is 1. The predicted molar refractivity (Wildman–Crippen MR) is 116 cm³/mol. The molecule has 0 spiro atoms. The topological polar surface area (TPSA) is 27.5 Å². The highest BCUT2D eigenvalue weighted by Crippen LogP contribution is 2.26. The number of para-hydroxylation sites is 1. The molecule has 0 unspecified atom stereocenters. The molecule has 2 saturated heterocycles. The van der Waals surface area contributed by atoms with Gasteiger partial charge in [0.1, 0.15) is 5.15 Å². The maximum atomic E-state index is 6.46. The van der Waals surface area contributed by atoms with Crippen molar-refractivity contribution in [2.45, 2.75) is 39.3 Å². The maximum absolute atomic E-state index is 6.46. The fourth-order valence-electron chi connectivity index (χ4n) is 4.80. The number of aryl methyl sites for hydroxylation is 3. The van der Waals surface area contributed by atoms with Crippen molar-refractivity contribution in [3.63, 3.8) is 0 Å². The van der Waals surface area contributed by atoms with E-state index in [4.69, 9.17) is 11.6 Å². The normalized spacial score (nSPS) is 22.0. The highest BCUT2D eigenvalue weighted by molar-refractivity contribution is 6.30. The van der Waals surface area contributed by atoms with E-state index in [2.05, 4.69) is 57.9 Å². The van der Waals surface area contributed by atoms with Gasteiger partial charge in [-0.1, -0.05) is 29.8 Å². The Morgan fingerprint density at radius 1 is 1.07 bits per heavy atom. The molecule has 28 heavy (non-hydrogen) atoms. The average molecular weight is 402 g/mol. The van der Waals surface area contributed by atoms with Crippen molar-refractivity contribution in [2.24, 2.45) is 7.05 Å². The Morgan fingerprint density at radius 3 is 2.50 bits per heavy atom. The lowest BCUT2D eigenvalue weighted by Crippen LogP contribution is -2.55. The van der Waals surface area contributed by atoms with Crippen LogP contribution in [0.2, 0.25) is 5.15 Å². The minimum absolute atomic E-state index is 0.656. The van der Waals surface area contributed by atoms with Crippen molar-refractivity contribution < 1.29 is 0 Å². The summed E-state index contributed by atoms with van der Waals surface area (Å²) in [7, 11) is 1.92. The zero-order valence-electron chi connectivity index (χ0n) is 17.4. The quantitative estimate of drug-likeness (QED) is 0.783. The van der Waals surface area contributed by atoms with Gasteiger partial charge in [0.05, 0.1) is 5.69 Å². The number of hydrogen-bond acceptors (Lipinski definition) is 4. The lowest BCUT2D eigenvalue weighted by molar-refractivity contribution is 0.0886. The molecule has 2 fully saturated rings.